The SMILES string of the molecule is CC[C@@H](C)[C@@H](NC(=O)[C@@H](CO)NC(=O)[C@@H](Cc1cnc[nH]1)NC(=O)[C@@H](Cc1ccccc1)NC(=O)[C@@H]1CCCN1C(=O)[C@@H](CCC(N)=O)NC(=O)[C@@H](Cc1c[nH]c2ccccc12)NC(=O)[C@H](N)[C@H](C)O)C(=O)O. The molecule has 4 aromatic rings. The minimum atomic E-state index is -1.63. The van der Waals surface area contributed by atoms with E-state index in [2.05, 4.69) is 46.9 Å². The smallest absolute Gasteiger partial charge is 0.326 e. The maximum atomic E-state index is 14.6. The highest BCUT2D eigenvalue weighted by Gasteiger charge is 2.41. The van der Waals surface area contributed by atoms with Crippen molar-refractivity contribution in [2.75, 3.05) is 13.2 Å². The molecular formula is C49H66N12O12. The van der Waals surface area contributed by atoms with Crippen molar-refractivity contribution in [3.63, 3.8) is 0 Å². The number of nitrogens with two attached hydrogens (primary N) is 2. The highest BCUT2D eigenvalue weighted by Crippen LogP contribution is 2.22. The van der Waals surface area contributed by atoms with Crippen molar-refractivity contribution in [3.05, 3.63) is 90.1 Å². The number of aliphatic hydroxyl groups excluding tert-OH is 2. The molecule has 8 amide bonds. The molecule has 1 saturated heterocycles. The normalized spacial score (nSPS) is 17.1. The number of likely N-dealkylation sites (tertiary alicyclic amines) is 1. The van der Waals surface area contributed by atoms with Gasteiger partial charge in [0.05, 0.1) is 19.0 Å². The Balaban J connectivity index is 1.37. The molecular weight excluding hydrogens is 949 g/mol. The van der Waals surface area contributed by atoms with E-state index >= 15 is 0 Å². The van der Waals surface area contributed by atoms with Crippen molar-refractivity contribution in [2.24, 2.45) is 17.4 Å². The first-order valence-corrected chi connectivity index (χ1v) is 24.1. The Hall–Kier alpha value is -7.70. The molecule has 10 atom stereocenters. The molecule has 15 N–H and O–H groups in total. The third-order valence-electron chi connectivity index (χ3n) is 12.8. The number of rotatable bonds is 27. The van der Waals surface area contributed by atoms with E-state index in [0.29, 0.717) is 29.7 Å². The van der Waals surface area contributed by atoms with Crippen molar-refractivity contribution < 1.29 is 58.5 Å². The van der Waals surface area contributed by atoms with Gasteiger partial charge in [0.15, 0.2) is 0 Å². The molecule has 1 fully saturated rings. The number of nitrogens with zero attached hydrogens (tertiary/aromatic N) is 2. The van der Waals surface area contributed by atoms with Crippen LogP contribution in [0.2, 0.25) is 0 Å². The number of para-hydroxylation sites is 1. The summed E-state index contributed by atoms with van der Waals surface area (Å²) in [5.74, 6) is -8.58. The summed E-state index contributed by atoms with van der Waals surface area (Å²) in [4.78, 5) is 133. The molecule has 5 rings (SSSR count). The molecule has 24 heteroatoms. The highest BCUT2D eigenvalue weighted by atomic mass is 16.4. The first-order valence-electron chi connectivity index (χ1n) is 24.1. The number of nitrogens with one attached hydrogen (secondary N) is 8. The average molecular weight is 1020 g/mol. The molecule has 73 heavy (non-hydrogen) atoms. The molecule has 0 saturated carbocycles. The summed E-state index contributed by atoms with van der Waals surface area (Å²) < 4.78 is 0. The van der Waals surface area contributed by atoms with Gasteiger partial charge in [-0.05, 0) is 49.3 Å². The number of imidazole rings is 1. The Morgan fingerprint density at radius 3 is 1.99 bits per heavy atom. The molecule has 3 heterocycles. The van der Waals surface area contributed by atoms with E-state index in [4.69, 9.17) is 11.5 Å². The van der Waals surface area contributed by atoms with Gasteiger partial charge in [0.1, 0.15) is 48.3 Å². The Kier molecular flexibility index (Phi) is 20.5. The molecule has 0 aliphatic carbocycles. The summed E-state index contributed by atoms with van der Waals surface area (Å²) in [7, 11) is 0. The number of carbonyl (C=O) groups is 9. The van der Waals surface area contributed by atoms with Crippen molar-refractivity contribution in [2.45, 2.75) is 127 Å². The number of aromatic nitrogens is 3. The minimum Gasteiger partial charge on any atom is -0.480 e. The Labute approximate surface area is 420 Å². The Morgan fingerprint density at radius 2 is 1.37 bits per heavy atom. The molecule has 2 aromatic heterocycles. The van der Waals surface area contributed by atoms with E-state index in [1.165, 1.54) is 24.3 Å². The number of primary amides is 1. The quantitative estimate of drug-likeness (QED) is 0.0305. The molecule has 0 radical (unpaired) electrons. The zero-order valence-electron chi connectivity index (χ0n) is 40.8. The van der Waals surface area contributed by atoms with Gasteiger partial charge in [-0.25, -0.2) is 9.78 Å². The predicted octanol–water partition coefficient (Wildman–Crippen LogP) is -2.08. The molecule has 1 aliphatic heterocycles. The number of aliphatic carboxylic acids is 1. The number of aromatic amines is 2. The third kappa shape index (κ3) is 15.6. The zero-order valence-corrected chi connectivity index (χ0v) is 40.8. The van der Waals surface area contributed by atoms with E-state index in [9.17, 15) is 58.5 Å². The molecule has 394 valence electrons. The lowest BCUT2D eigenvalue weighted by Crippen LogP contribution is -2.61. The molecule has 0 spiro atoms. The van der Waals surface area contributed by atoms with Gasteiger partial charge < -0.3 is 73.6 Å². The van der Waals surface area contributed by atoms with Crippen molar-refractivity contribution in [1.82, 2.24) is 51.8 Å². The van der Waals surface area contributed by atoms with E-state index < -0.39 is 120 Å². The van der Waals surface area contributed by atoms with Crippen LogP contribution in [-0.4, -0.2) is 156 Å². The number of carbonyl (C=O) groups excluding carboxylic acids is 8. The van der Waals surface area contributed by atoms with Crippen LogP contribution in [0.25, 0.3) is 10.9 Å². The standard InChI is InChI=1S/C49H66N12O12/c1-4-26(2)41(49(72)73)60-45(68)37(24-62)59-44(67)36(21-30-23-52-25-54-30)56-42(65)34(19-28-11-6-5-7-12-28)57-46(69)38-15-10-18-61(38)48(71)33(16-17-39(50)64)55-43(66)35(58-47(70)40(51)27(3)63)20-29-22-53-32-14-9-8-13-31(29)32/h5-9,11-14,22-23,25-27,33-38,40-41,53,62-63H,4,10,15-21,24,51H2,1-3H3,(H2,50,64)(H,52,54)(H,55,66)(H,56,65)(H,57,69)(H,58,70)(H,59,67)(H,60,68)(H,72,73)/t26-,27+,33-,34-,35-,36-,37-,38+,40-,41-/m1/s1. The second-order valence-electron chi connectivity index (χ2n) is 18.2. The lowest BCUT2D eigenvalue weighted by Gasteiger charge is -2.31. The molecule has 1 aliphatic rings. The zero-order chi connectivity index (χ0) is 53.4. The van der Waals surface area contributed by atoms with Crippen molar-refractivity contribution in [3.8, 4) is 0 Å². The first-order chi connectivity index (χ1) is 34.8. The lowest BCUT2D eigenvalue weighted by molar-refractivity contribution is -0.144. The number of fused-ring (bicyclic) bond motifs is 1. The van der Waals surface area contributed by atoms with Gasteiger partial charge in [-0.2, -0.15) is 0 Å². The van der Waals surface area contributed by atoms with Crippen LogP contribution in [-0.2, 0) is 62.4 Å². The topological polar surface area (TPSA) is 386 Å². The number of hydrogen-bond acceptors (Lipinski definition) is 13. The largest absolute Gasteiger partial charge is 0.480 e. The van der Waals surface area contributed by atoms with Crippen LogP contribution in [0, 0.1) is 5.92 Å². The molecule has 24 nitrogen and oxygen atoms in total. The van der Waals surface area contributed by atoms with Crippen LogP contribution in [0.5, 0.6) is 0 Å². The lowest BCUT2D eigenvalue weighted by atomic mass is 9.99. The summed E-state index contributed by atoms with van der Waals surface area (Å²) in [6, 6.07) is 4.63. The number of carboxylic acid groups (broad SMARTS) is 1. The Bertz CT molecular complexity index is 2560. The van der Waals surface area contributed by atoms with Gasteiger partial charge in [-0.1, -0.05) is 68.8 Å². The summed E-state index contributed by atoms with van der Waals surface area (Å²) in [5, 5.41) is 46.0. The fraction of sp³-hybridized carbons (Fsp3) is 0.469. The van der Waals surface area contributed by atoms with E-state index in [1.807, 2.05) is 18.2 Å². The fourth-order valence-electron chi connectivity index (χ4n) is 8.36. The Morgan fingerprint density at radius 1 is 0.767 bits per heavy atom. The highest BCUT2D eigenvalue weighted by molar-refractivity contribution is 5.98. The first kappa shape index (κ1) is 56.2. The van der Waals surface area contributed by atoms with E-state index in [1.54, 1.807) is 56.4 Å². The summed E-state index contributed by atoms with van der Waals surface area (Å²) >= 11 is 0. The fourth-order valence-corrected chi connectivity index (χ4v) is 8.36. The monoisotopic (exact) mass is 1010 g/mol. The number of aliphatic hydroxyl groups is 2. The number of amides is 8. The van der Waals surface area contributed by atoms with E-state index in [-0.39, 0.29) is 45.1 Å². The van der Waals surface area contributed by atoms with Crippen molar-refractivity contribution >= 4 is 64.1 Å². The summed E-state index contributed by atoms with van der Waals surface area (Å²) in [5.41, 5.74) is 13.8. The van der Waals surface area contributed by atoms with Gasteiger partial charge in [0.2, 0.25) is 47.3 Å². The van der Waals surface area contributed by atoms with Crippen LogP contribution < -0.4 is 43.4 Å². The van der Waals surface area contributed by atoms with Gasteiger partial charge >= 0.3 is 5.97 Å². The van der Waals surface area contributed by atoms with Crippen LogP contribution in [0.1, 0.15) is 69.7 Å². The third-order valence-corrected chi connectivity index (χ3v) is 12.8. The van der Waals surface area contributed by atoms with Crippen LogP contribution in [0.4, 0.5) is 0 Å². The second-order valence-corrected chi connectivity index (χ2v) is 18.2. The number of benzene rings is 2. The number of carboxylic acids is 1. The minimum absolute atomic E-state index is 0.0325. The molecule has 0 bridgehead atoms. The van der Waals surface area contributed by atoms with Gasteiger partial charge in [-0.15, -0.1) is 0 Å². The summed E-state index contributed by atoms with van der Waals surface area (Å²) in [6.45, 7) is 3.77. The molecule has 0 unspecified atom stereocenters. The predicted molar refractivity (Wildman–Crippen MR) is 263 cm³/mol. The second kappa shape index (κ2) is 26.7. The van der Waals surface area contributed by atoms with E-state index in [0.717, 1.165) is 10.9 Å². The van der Waals surface area contributed by atoms with Crippen LogP contribution in [0.3, 0.4) is 0 Å². The van der Waals surface area contributed by atoms with Gasteiger partial charge in [0.25, 0.3) is 0 Å². The van der Waals surface area contributed by atoms with Gasteiger partial charge in [0, 0.05) is 61.2 Å². The molecule has 2 aromatic carbocycles. The van der Waals surface area contributed by atoms with Crippen LogP contribution >= 0.6 is 0 Å². The maximum Gasteiger partial charge on any atom is 0.326 e. The van der Waals surface area contributed by atoms with Crippen molar-refractivity contribution in [1.29, 1.82) is 0 Å². The van der Waals surface area contributed by atoms with Gasteiger partial charge in [-0.3, -0.25) is 38.4 Å². The average Bonchev–Trinajstić information content (AvgIpc) is 4.17. The van der Waals surface area contributed by atoms with Crippen LogP contribution in [0.15, 0.2) is 73.3 Å². The number of H-pyrrole nitrogens is 2. The number of hydrogen-bond donors (Lipinski definition) is 13. The summed E-state index contributed by atoms with van der Waals surface area (Å²) in [6.07, 6.45) is 2.92. The maximum absolute atomic E-state index is 14.6.